The lowest BCUT2D eigenvalue weighted by atomic mass is 10.1. The van der Waals surface area contributed by atoms with Crippen molar-refractivity contribution in [2.24, 2.45) is 0 Å². The third-order valence-corrected chi connectivity index (χ3v) is 3.26. The van der Waals surface area contributed by atoms with E-state index in [4.69, 9.17) is 0 Å². The van der Waals surface area contributed by atoms with E-state index in [1.807, 2.05) is 0 Å². The summed E-state index contributed by atoms with van der Waals surface area (Å²) in [4.78, 5) is 12.0. The molecule has 1 N–H and O–H groups in total. The Hall–Kier alpha value is -1.75. The normalized spacial score (nSPS) is 10.3. The van der Waals surface area contributed by atoms with E-state index in [1.54, 1.807) is 19.1 Å². The van der Waals surface area contributed by atoms with Gasteiger partial charge in [-0.05, 0) is 52.7 Å². The number of hydrogen-bond acceptors (Lipinski definition) is 1. The molecule has 1 amide bonds. The Kier molecular flexibility index (Phi) is 3.95. The van der Waals surface area contributed by atoms with Crippen LogP contribution in [0.4, 0.5) is 14.5 Å². The van der Waals surface area contributed by atoms with Gasteiger partial charge in [-0.1, -0.05) is 12.1 Å². The second kappa shape index (κ2) is 5.48. The van der Waals surface area contributed by atoms with Crippen molar-refractivity contribution in [1.82, 2.24) is 0 Å². The number of anilines is 1. The van der Waals surface area contributed by atoms with Gasteiger partial charge in [-0.2, -0.15) is 0 Å². The zero-order valence-electron chi connectivity index (χ0n) is 10.0. The zero-order chi connectivity index (χ0) is 14.0. The number of rotatable bonds is 2. The minimum atomic E-state index is -0.644. The molecule has 0 saturated carbocycles. The van der Waals surface area contributed by atoms with Crippen LogP contribution >= 0.6 is 15.9 Å². The fraction of sp³-hybridized carbons (Fsp3) is 0.0714. The molecule has 0 spiro atoms. The minimum absolute atomic E-state index is 0.0990. The molecule has 0 aliphatic rings. The van der Waals surface area contributed by atoms with Crippen LogP contribution < -0.4 is 5.32 Å². The van der Waals surface area contributed by atoms with Crippen LogP contribution in [-0.4, -0.2) is 5.91 Å². The van der Waals surface area contributed by atoms with E-state index < -0.39 is 17.5 Å². The molecule has 0 aliphatic heterocycles. The van der Waals surface area contributed by atoms with Crippen molar-refractivity contribution in [3.8, 4) is 0 Å². The van der Waals surface area contributed by atoms with E-state index in [0.717, 1.165) is 0 Å². The molecule has 0 heterocycles. The molecule has 0 saturated heterocycles. The highest BCUT2D eigenvalue weighted by atomic mass is 79.9. The molecule has 0 radical (unpaired) electrons. The number of halogens is 3. The predicted octanol–water partition coefficient (Wildman–Crippen LogP) is 4.29. The molecule has 98 valence electrons. The highest BCUT2D eigenvalue weighted by Gasteiger charge is 2.14. The standard InChI is InChI=1S/C14H10BrF2NO/c1-8-5-6-9(16)7-12(8)18-14(19)10-3-2-4-11(15)13(10)17/h2-7H,1H3,(H,18,19). The van der Waals surface area contributed by atoms with Crippen LogP contribution in [0.5, 0.6) is 0 Å². The minimum Gasteiger partial charge on any atom is -0.322 e. The topological polar surface area (TPSA) is 29.1 Å². The Balaban J connectivity index is 2.31. The Morgan fingerprint density at radius 2 is 1.95 bits per heavy atom. The van der Waals surface area contributed by atoms with Crippen LogP contribution in [-0.2, 0) is 0 Å². The average Bonchev–Trinajstić information content (AvgIpc) is 2.37. The molecule has 2 aromatic rings. The fourth-order valence-electron chi connectivity index (χ4n) is 1.60. The van der Waals surface area contributed by atoms with Crippen LogP contribution in [0.25, 0.3) is 0 Å². The highest BCUT2D eigenvalue weighted by Crippen LogP contribution is 2.21. The first kappa shape index (κ1) is 13.7. The summed E-state index contributed by atoms with van der Waals surface area (Å²) in [5.41, 5.74) is 0.924. The molecule has 2 nitrogen and oxygen atoms in total. The van der Waals surface area contributed by atoms with E-state index in [9.17, 15) is 13.6 Å². The van der Waals surface area contributed by atoms with Gasteiger partial charge < -0.3 is 5.32 Å². The Morgan fingerprint density at radius 3 is 2.68 bits per heavy atom. The van der Waals surface area contributed by atoms with Gasteiger partial charge in [0.05, 0.1) is 10.0 Å². The smallest absolute Gasteiger partial charge is 0.258 e. The second-order valence-corrected chi connectivity index (χ2v) is 4.87. The van der Waals surface area contributed by atoms with E-state index in [1.165, 1.54) is 24.3 Å². The predicted molar refractivity (Wildman–Crippen MR) is 73.2 cm³/mol. The van der Waals surface area contributed by atoms with Crippen molar-refractivity contribution < 1.29 is 13.6 Å². The molecule has 0 bridgehead atoms. The molecule has 5 heteroatoms. The Bertz CT molecular complexity index is 643. The van der Waals surface area contributed by atoms with Crippen molar-refractivity contribution in [3.63, 3.8) is 0 Å². The van der Waals surface area contributed by atoms with Crippen LogP contribution in [0.3, 0.4) is 0 Å². The van der Waals surface area contributed by atoms with Crippen LogP contribution in [0, 0.1) is 18.6 Å². The van der Waals surface area contributed by atoms with Crippen molar-refractivity contribution in [2.75, 3.05) is 5.32 Å². The monoisotopic (exact) mass is 325 g/mol. The van der Waals surface area contributed by atoms with Gasteiger partial charge in [0.1, 0.15) is 11.6 Å². The maximum absolute atomic E-state index is 13.8. The van der Waals surface area contributed by atoms with Gasteiger partial charge in [0.2, 0.25) is 0 Å². The SMILES string of the molecule is Cc1ccc(F)cc1NC(=O)c1cccc(Br)c1F. The summed E-state index contributed by atoms with van der Waals surface area (Å²) in [6.07, 6.45) is 0. The number of carbonyl (C=O) groups is 1. The molecule has 0 unspecified atom stereocenters. The van der Waals surface area contributed by atoms with Crippen LogP contribution in [0.2, 0.25) is 0 Å². The third kappa shape index (κ3) is 2.98. The Labute approximate surface area is 117 Å². The quantitative estimate of drug-likeness (QED) is 0.876. The first-order chi connectivity index (χ1) is 8.99. The van der Waals surface area contributed by atoms with E-state index >= 15 is 0 Å². The van der Waals surface area contributed by atoms with Gasteiger partial charge in [-0.25, -0.2) is 8.78 Å². The summed E-state index contributed by atoms with van der Waals surface area (Å²) in [5.74, 6) is -1.72. The van der Waals surface area contributed by atoms with E-state index in [0.29, 0.717) is 11.3 Å². The number of aryl methyl sites for hydroxylation is 1. The average molecular weight is 326 g/mol. The van der Waals surface area contributed by atoms with Gasteiger partial charge in [-0.15, -0.1) is 0 Å². The van der Waals surface area contributed by atoms with Gasteiger partial charge in [-0.3, -0.25) is 4.79 Å². The summed E-state index contributed by atoms with van der Waals surface area (Å²) in [7, 11) is 0. The van der Waals surface area contributed by atoms with E-state index in [-0.39, 0.29) is 10.0 Å². The van der Waals surface area contributed by atoms with Gasteiger partial charge in [0, 0.05) is 5.69 Å². The first-order valence-electron chi connectivity index (χ1n) is 5.50. The van der Waals surface area contributed by atoms with Gasteiger partial charge in [0.15, 0.2) is 0 Å². The lowest BCUT2D eigenvalue weighted by Gasteiger charge is -2.09. The highest BCUT2D eigenvalue weighted by molar-refractivity contribution is 9.10. The number of benzene rings is 2. The summed E-state index contributed by atoms with van der Waals surface area (Å²) < 4.78 is 27.1. The molecule has 2 rings (SSSR count). The number of amides is 1. The molecule has 19 heavy (non-hydrogen) atoms. The third-order valence-electron chi connectivity index (χ3n) is 2.64. The van der Waals surface area contributed by atoms with E-state index in [2.05, 4.69) is 21.2 Å². The zero-order valence-corrected chi connectivity index (χ0v) is 11.6. The lowest BCUT2D eigenvalue weighted by molar-refractivity contribution is 0.102. The summed E-state index contributed by atoms with van der Waals surface area (Å²) in [5, 5.41) is 2.50. The van der Waals surface area contributed by atoms with Gasteiger partial charge in [0.25, 0.3) is 5.91 Å². The number of nitrogens with one attached hydrogen (secondary N) is 1. The lowest BCUT2D eigenvalue weighted by Crippen LogP contribution is -2.14. The summed E-state index contributed by atoms with van der Waals surface area (Å²) in [6.45, 7) is 1.73. The fourth-order valence-corrected chi connectivity index (χ4v) is 1.96. The van der Waals surface area contributed by atoms with Crippen molar-refractivity contribution >= 4 is 27.5 Å². The molecule has 0 fully saturated rings. The maximum Gasteiger partial charge on any atom is 0.258 e. The molecule has 0 aliphatic carbocycles. The van der Waals surface area contributed by atoms with Crippen molar-refractivity contribution in [3.05, 3.63) is 63.6 Å². The molecule has 2 aromatic carbocycles. The second-order valence-electron chi connectivity index (χ2n) is 4.01. The molecular weight excluding hydrogens is 316 g/mol. The summed E-state index contributed by atoms with van der Waals surface area (Å²) in [6, 6.07) is 8.46. The molecular formula is C14H10BrF2NO. The van der Waals surface area contributed by atoms with Crippen LogP contribution in [0.15, 0.2) is 40.9 Å². The number of carbonyl (C=O) groups excluding carboxylic acids is 1. The van der Waals surface area contributed by atoms with Crippen molar-refractivity contribution in [2.45, 2.75) is 6.92 Å². The largest absolute Gasteiger partial charge is 0.322 e. The molecule has 0 atom stereocenters. The van der Waals surface area contributed by atoms with Crippen LogP contribution in [0.1, 0.15) is 15.9 Å². The molecule has 0 aromatic heterocycles. The number of hydrogen-bond donors (Lipinski definition) is 1. The Morgan fingerprint density at radius 1 is 1.21 bits per heavy atom. The van der Waals surface area contributed by atoms with Gasteiger partial charge >= 0.3 is 0 Å². The maximum atomic E-state index is 13.8. The van der Waals surface area contributed by atoms with Crippen molar-refractivity contribution in [1.29, 1.82) is 0 Å². The summed E-state index contributed by atoms with van der Waals surface area (Å²) >= 11 is 3.01. The first-order valence-corrected chi connectivity index (χ1v) is 6.30.